The number of ketones is 1. The molecule has 0 spiro atoms. The van der Waals surface area contributed by atoms with Crippen LogP contribution in [-0.2, 0) is 16.0 Å². The highest BCUT2D eigenvalue weighted by molar-refractivity contribution is 7.18. The summed E-state index contributed by atoms with van der Waals surface area (Å²) in [6, 6.07) is 15.0. The number of benzene rings is 1. The van der Waals surface area contributed by atoms with Crippen LogP contribution in [0.15, 0.2) is 60.0 Å². The Kier molecular flexibility index (Phi) is 6.97. The third-order valence-electron chi connectivity index (χ3n) is 3.81. The van der Waals surface area contributed by atoms with Gasteiger partial charge in [-0.25, -0.2) is 4.79 Å². The summed E-state index contributed by atoms with van der Waals surface area (Å²) < 4.78 is 5.67. The molecule has 0 bridgehead atoms. The van der Waals surface area contributed by atoms with Gasteiger partial charge in [-0.3, -0.25) is 9.59 Å². The van der Waals surface area contributed by atoms with Crippen LogP contribution in [0.5, 0.6) is 0 Å². The number of esters is 1. The normalized spacial score (nSPS) is 11.6. The molecule has 0 saturated heterocycles. The van der Waals surface area contributed by atoms with Crippen molar-refractivity contribution >= 4 is 51.9 Å². The second-order valence-electron chi connectivity index (χ2n) is 5.83. The molecule has 0 aliphatic carbocycles. The number of carbonyl (C=O) groups is 3. The van der Waals surface area contributed by atoms with Crippen molar-refractivity contribution < 1.29 is 19.1 Å². The molecule has 0 aliphatic heterocycles. The maximum atomic E-state index is 12.6. The fraction of sp³-hybridized carbons (Fsp3) is 0.150. The van der Waals surface area contributed by atoms with E-state index in [-0.39, 0.29) is 18.1 Å². The minimum absolute atomic E-state index is 0.260. The topological polar surface area (TPSA) is 72.5 Å². The first-order valence-corrected chi connectivity index (χ1v) is 10.4. The molecule has 5 nitrogen and oxygen atoms in total. The maximum Gasteiger partial charge on any atom is 0.329 e. The summed E-state index contributed by atoms with van der Waals surface area (Å²) in [5.41, 5.74) is 0.868. The van der Waals surface area contributed by atoms with Crippen molar-refractivity contribution in [3.63, 3.8) is 0 Å². The Hall–Kier alpha value is -2.48. The Morgan fingerprint density at radius 1 is 1.00 bits per heavy atom. The largest absolute Gasteiger partial charge is 0.456 e. The number of Topliss-reactive ketones (excluding diaryl/α,β-unsaturated/α-hetero) is 1. The molecule has 2 heterocycles. The molecule has 1 unspecified atom stereocenters. The molecule has 144 valence electrons. The minimum Gasteiger partial charge on any atom is -0.456 e. The highest BCUT2D eigenvalue weighted by atomic mass is 35.5. The van der Waals surface area contributed by atoms with Crippen molar-refractivity contribution in [2.45, 2.75) is 12.5 Å². The van der Waals surface area contributed by atoms with E-state index in [1.807, 2.05) is 30.3 Å². The van der Waals surface area contributed by atoms with Crippen LogP contribution < -0.4 is 5.32 Å². The van der Waals surface area contributed by atoms with Crippen molar-refractivity contribution in [2.24, 2.45) is 0 Å². The van der Waals surface area contributed by atoms with Crippen LogP contribution in [0.1, 0.15) is 24.9 Å². The molecule has 8 heteroatoms. The molecule has 3 rings (SSSR count). The quantitative estimate of drug-likeness (QED) is 0.426. The van der Waals surface area contributed by atoms with Crippen molar-refractivity contribution in [1.82, 2.24) is 5.32 Å². The van der Waals surface area contributed by atoms with Crippen LogP contribution in [0.4, 0.5) is 0 Å². The molecule has 28 heavy (non-hydrogen) atoms. The van der Waals surface area contributed by atoms with Crippen LogP contribution in [0, 0.1) is 0 Å². The molecule has 0 fully saturated rings. The van der Waals surface area contributed by atoms with Gasteiger partial charge in [0.15, 0.2) is 6.61 Å². The zero-order valence-corrected chi connectivity index (χ0v) is 17.0. The number of rotatable bonds is 8. The van der Waals surface area contributed by atoms with E-state index in [4.69, 9.17) is 16.3 Å². The van der Waals surface area contributed by atoms with Crippen LogP contribution in [-0.4, -0.2) is 30.3 Å². The maximum absolute atomic E-state index is 12.6. The Labute approximate surface area is 174 Å². The summed E-state index contributed by atoms with van der Waals surface area (Å²) >= 11 is 8.23. The van der Waals surface area contributed by atoms with Gasteiger partial charge in [-0.15, -0.1) is 22.7 Å². The average Bonchev–Trinajstić information content (AvgIpc) is 3.38. The first kappa shape index (κ1) is 20.3. The third-order valence-corrected chi connectivity index (χ3v) is 5.95. The fourth-order valence-corrected chi connectivity index (χ4v) is 4.05. The predicted molar refractivity (Wildman–Crippen MR) is 110 cm³/mol. The second-order valence-corrected chi connectivity index (χ2v) is 8.49. The summed E-state index contributed by atoms with van der Waals surface area (Å²) in [6.07, 6.45) is 0.260. The van der Waals surface area contributed by atoms with Gasteiger partial charge >= 0.3 is 5.97 Å². The molecule has 1 aromatic carbocycles. The summed E-state index contributed by atoms with van der Waals surface area (Å²) in [7, 11) is 0. The number of amides is 1. The van der Waals surface area contributed by atoms with Crippen molar-refractivity contribution in [3.8, 4) is 0 Å². The smallest absolute Gasteiger partial charge is 0.329 e. The second kappa shape index (κ2) is 9.64. The van der Waals surface area contributed by atoms with E-state index >= 15 is 0 Å². The molecule has 0 radical (unpaired) electrons. The molecule has 1 atom stereocenters. The van der Waals surface area contributed by atoms with E-state index in [2.05, 4.69) is 5.32 Å². The molecule has 0 saturated carbocycles. The minimum atomic E-state index is -0.906. The van der Waals surface area contributed by atoms with E-state index in [1.54, 1.807) is 29.6 Å². The molecular weight excluding hydrogens is 418 g/mol. The van der Waals surface area contributed by atoms with Gasteiger partial charge in [-0.1, -0.05) is 48.0 Å². The molecular formula is C20H16ClNO4S2. The van der Waals surface area contributed by atoms with E-state index < -0.39 is 18.6 Å². The molecule has 1 N–H and O–H groups in total. The molecule has 2 aromatic heterocycles. The summed E-state index contributed by atoms with van der Waals surface area (Å²) in [5, 5.41) is 4.48. The van der Waals surface area contributed by atoms with Crippen molar-refractivity contribution in [2.75, 3.05) is 6.61 Å². The van der Waals surface area contributed by atoms with Gasteiger partial charge in [0.1, 0.15) is 6.04 Å². The van der Waals surface area contributed by atoms with Crippen LogP contribution in [0.3, 0.4) is 0 Å². The van der Waals surface area contributed by atoms with E-state index in [9.17, 15) is 14.4 Å². The average molecular weight is 434 g/mol. The lowest BCUT2D eigenvalue weighted by atomic mass is 10.1. The monoisotopic (exact) mass is 433 g/mol. The van der Waals surface area contributed by atoms with Gasteiger partial charge in [0, 0.05) is 6.42 Å². The fourth-order valence-electron chi connectivity index (χ4n) is 2.45. The van der Waals surface area contributed by atoms with Gasteiger partial charge < -0.3 is 10.1 Å². The number of thiophene rings is 2. The van der Waals surface area contributed by atoms with E-state index in [0.717, 1.165) is 16.9 Å². The number of nitrogens with one attached hydrogen (secondary N) is 1. The Morgan fingerprint density at radius 3 is 2.43 bits per heavy atom. The Bertz CT molecular complexity index is 954. The number of hydrogen-bond acceptors (Lipinski definition) is 6. The predicted octanol–water partition coefficient (Wildman–Crippen LogP) is 4.23. The molecule has 1 amide bonds. The third kappa shape index (κ3) is 5.51. The van der Waals surface area contributed by atoms with Gasteiger partial charge in [-0.2, -0.15) is 0 Å². The van der Waals surface area contributed by atoms with Crippen LogP contribution in [0.25, 0.3) is 0 Å². The van der Waals surface area contributed by atoms with Gasteiger partial charge in [0.05, 0.1) is 14.1 Å². The highest BCUT2D eigenvalue weighted by Crippen LogP contribution is 2.21. The van der Waals surface area contributed by atoms with Crippen LogP contribution >= 0.6 is 34.3 Å². The summed E-state index contributed by atoms with van der Waals surface area (Å²) in [4.78, 5) is 38.0. The number of carbonyl (C=O) groups excluding carboxylic acids is 3. The first-order valence-electron chi connectivity index (χ1n) is 8.36. The number of halogens is 1. The zero-order valence-electron chi connectivity index (χ0n) is 14.6. The lowest BCUT2D eigenvalue weighted by Crippen LogP contribution is -2.43. The summed E-state index contributed by atoms with van der Waals surface area (Å²) in [5.74, 6) is -1.36. The van der Waals surface area contributed by atoms with Crippen molar-refractivity contribution in [3.05, 3.63) is 79.6 Å². The van der Waals surface area contributed by atoms with Crippen molar-refractivity contribution in [1.29, 1.82) is 0 Å². The number of hydrogen-bond donors (Lipinski definition) is 1. The molecule has 3 aromatic rings. The van der Waals surface area contributed by atoms with Gasteiger partial charge in [0.25, 0.3) is 5.91 Å². The van der Waals surface area contributed by atoms with E-state index in [1.165, 1.54) is 11.3 Å². The molecule has 0 aliphatic rings. The summed E-state index contributed by atoms with van der Waals surface area (Å²) in [6.45, 7) is -0.407. The lowest BCUT2D eigenvalue weighted by Gasteiger charge is -2.17. The zero-order chi connectivity index (χ0) is 19.9. The Morgan fingerprint density at radius 2 is 1.79 bits per heavy atom. The van der Waals surface area contributed by atoms with Crippen LogP contribution in [0.2, 0.25) is 4.34 Å². The highest BCUT2D eigenvalue weighted by Gasteiger charge is 2.25. The van der Waals surface area contributed by atoms with Gasteiger partial charge in [-0.05, 0) is 29.1 Å². The SMILES string of the molecule is O=C(COC(=O)C(Cc1ccccc1)NC(=O)c1cccs1)c1ccc(Cl)s1. The van der Waals surface area contributed by atoms with Gasteiger partial charge in [0.2, 0.25) is 5.78 Å². The Balaban J connectivity index is 1.66. The lowest BCUT2D eigenvalue weighted by molar-refractivity contribution is -0.144. The first-order chi connectivity index (χ1) is 13.5. The van der Waals surface area contributed by atoms with E-state index in [0.29, 0.717) is 14.1 Å². The number of ether oxygens (including phenoxy) is 1. The standard InChI is InChI=1S/C20H16ClNO4S2/c21-18-9-8-16(28-18)15(23)12-26-20(25)14(11-13-5-2-1-3-6-13)22-19(24)17-7-4-10-27-17/h1-10,14H,11-12H2,(H,22,24).